The molecule has 0 aromatic rings. The van der Waals surface area contributed by atoms with Crippen molar-refractivity contribution in [3.05, 3.63) is 23.3 Å². The molecule has 30 heavy (non-hydrogen) atoms. The third-order valence-corrected chi connectivity index (χ3v) is 14.7. The van der Waals surface area contributed by atoms with E-state index in [1.807, 2.05) is 6.92 Å². The maximum absolute atomic E-state index is 12.2. The fourth-order valence-electron chi connectivity index (χ4n) is 7.46. The van der Waals surface area contributed by atoms with Gasteiger partial charge < -0.3 is 9.16 Å². The molecule has 0 saturated heterocycles. The highest BCUT2D eigenvalue weighted by Crippen LogP contribution is 2.78. The van der Waals surface area contributed by atoms with Gasteiger partial charge in [0.05, 0.1) is 6.61 Å². The van der Waals surface area contributed by atoms with Crippen molar-refractivity contribution in [3.8, 4) is 0 Å². The molecule has 0 aromatic heterocycles. The molecule has 0 aromatic carbocycles. The third kappa shape index (κ3) is 3.88. The summed E-state index contributed by atoms with van der Waals surface area (Å²) in [5, 5.41) is 0. The van der Waals surface area contributed by atoms with Crippen LogP contribution in [0.1, 0.15) is 87.5 Å². The van der Waals surface area contributed by atoms with Crippen LogP contribution < -0.4 is 0 Å². The number of hydrogen-bond acceptors (Lipinski definition) is 3. The van der Waals surface area contributed by atoms with Crippen molar-refractivity contribution >= 4 is 14.3 Å². The van der Waals surface area contributed by atoms with Crippen LogP contribution in [0.2, 0.25) is 16.6 Å². The van der Waals surface area contributed by atoms with Crippen LogP contribution in [0.5, 0.6) is 0 Å². The summed E-state index contributed by atoms with van der Waals surface area (Å²) in [4.78, 5) is 12.2. The van der Waals surface area contributed by atoms with Crippen LogP contribution in [-0.2, 0) is 14.0 Å². The lowest BCUT2D eigenvalue weighted by Crippen LogP contribution is -2.65. The first-order valence-corrected chi connectivity index (χ1v) is 14.3. The molecule has 0 heterocycles. The number of ether oxygens (including phenoxy) is 1. The first-order chi connectivity index (χ1) is 14.0. The topological polar surface area (TPSA) is 35.5 Å². The average Bonchev–Trinajstić information content (AvgIpc) is 2.59. The Morgan fingerprint density at radius 1 is 1.10 bits per heavy atom. The molecule has 1 atom stereocenters. The number of allylic oxidation sites excluding steroid dienone is 3. The van der Waals surface area contributed by atoms with Crippen molar-refractivity contribution in [3.63, 3.8) is 0 Å². The van der Waals surface area contributed by atoms with Crippen molar-refractivity contribution in [2.75, 3.05) is 13.2 Å². The molecule has 4 heteroatoms. The molecule has 4 aliphatic rings. The van der Waals surface area contributed by atoms with E-state index in [4.69, 9.17) is 9.16 Å². The molecule has 4 rings (SSSR count). The molecule has 4 aliphatic carbocycles. The molecule has 0 spiro atoms. The molecule has 0 N–H and O–H groups in total. The van der Waals surface area contributed by atoms with Gasteiger partial charge in [-0.1, -0.05) is 59.3 Å². The maximum Gasteiger partial charge on any atom is 0.334 e. The highest BCUT2D eigenvalue weighted by Gasteiger charge is 2.69. The van der Waals surface area contributed by atoms with Gasteiger partial charge in [0.2, 0.25) is 0 Å². The van der Waals surface area contributed by atoms with Gasteiger partial charge in [0, 0.05) is 18.1 Å². The Balaban J connectivity index is 1.58. The minimum atomic E-state index is -1.76. The lowest BCUT2D eigenvalue weighted by atomic mass is 9.30. The normalized spacial score (nSPS) is 30.7. The van der Waals surface area contributed by atoms with Crippen LogP contribution in [0.15, 0.2) is 23.3 Å². The highest BCUT2D eigenvalue weighted by molar-refractivity contribution is 6.77. The van der Waals surface area contributed by atoms with Crippen LogP contribution >= 0.6 is 0 Å². The summed E-state index contributed by atoms with van der Waals surface area (Å²) in [6.45, 7) is 19.7. The fourth-order valence-corrected chi connectivity index (χ4v) is 12.9. The van der Waals surface area contributed by atoms with Gasteiger partial charge in [-0.25, -0.2) is 4.79 Å². The SMILES string of the molecule is CCOC(=O)C1=CC(C23CC(CCO[Si](C(C)C)(C(C)C)C(C)C)(C2)C3)C(C)=CC1. The van der Waals surface area contributed by atoms with E-state index in [9.17, 15) is 4.79 Å². The molecule has 0 amide bonds. The Labute approximate surface area is 185 Å². The predicted molar refractivity (Wildman–Crippen MR) is 127 cm³/mol. The van der Waals surface area contributed by atoms with E-state index >= 15 is 0 Å². The van der Waals surface area contributed by atoms with Gasteiger partial charge in [-0.2, -0.15) is 0 Å². The second kappa shape index (κ2) is 8.58. The second-order valence-electron chi connectivity index (χ2n) is 11.4. The maximum atomic E-state index is 12.2. The summed E-state index contributed by atoms with van der Waals surface area (Å²) in [6, 6.07) is 0. The molecule has 3 nitrogen and oxygen atoms in total. The quantitative estimate of drug-likeness (QED) is 0.208. The molecule has 2 bridgehead atoms. The van der Waals surface area contributed by atoms with E-state index in [2.05, 4.69) is 60.6 Å². The Hall–Kier alpha value is -0.873. The van der Waals surface area contributed by atoms with Crippen LogP contribution in [0.25, 0.3) is 0 Å². The average molecular weight is 433 g/mol. The lowest BCUT2D eigenvalue weighted by molar-refractivity contribution is -0.226. The van der Waals surface area contributed by atoms with E-state index in [0.29, 0.717) is 40.0 Å². The summed E-state index contributed by atoms with van der Waals surface area (Å²) in [6.07, 6.45) is 10.3. The van der Waals surface area contributed by atoms with Crippen LogP contribution in [-0.4, -0.2) is 27.5 Å². The van der Waals surface area contributed by atoms with Crippen LogP contribution in [0.3, 0.4) is 0 Å². The van der Waals surface area contributed by atoms with Gasteiger partial charge in [0.1, 0.15) is 0 Å². The zero-order valence-corrected chi connectivity index (χ0v) is 21.6. The van der Waals surface area contributed by atoms with Crippen molar-refractivity contribution in [2.45, 2.75) is 104 Å². The van der Waals surface area contributed by atoms with Gasteiger partial charge in [0.15, 0.2) is 8.32 Å². The van der Waals surface area contributed by atoms with E-state index in [0.717, 1.165) is 18.6 Å². The van der Waals surface area contributed by atoms with E-state index in [-0.39, 0.29) is 5.97 Å². The smallest absolute Gasteiger partial charge is 0.334 e. The van der Waals surface area contributed by atoms with Crippen LogP contribution in [0, 0.1) is 16.7 Å². The molecule has 3 fully saturated rings. The highest BCUT2D eigenvalue weighted by atomic mass is 28.4. The van der Waals surface area contributed by atoms with E-state index in [1.54, 1.807) is 0 Å². The minimum Gasteiger partial charge on any atom is -0.463 e. The second-order valence-corrected chi connectivity index (χ2v) is 16.8. The molecule has 0 aliphatic heterocycles. The van der Waals surface area contributed by atoms with Crippen molar-refractivity contribution in [1.82, 2.24) is 0 Å². The Morgan fingerprint density at radius 2 is 1.67 bits per heavy atom. The summed E-state index contributed by atoms with van der Waals surface area (Å²) in [5.74, 6) is 0.294. The molecular weight excluding hydrogens is 388 g/mol. The number of rotatable bonds is 10. The number of hydrogen-bond donors (Lipinski definition) is 0. The molecule has 170 valence electrons. The monoisotopic (exact) mass is 432 g/mol. The third-order valence-electron chi connectivity index (χ3n) is 8.57. The first-order valence-electron chi connectivity index (χ1n) is 12.2. The number of esters is 1. The van der Waals surface area contributed by atoms with Crippen molar-refractivity contribution in [2.24, 2.45) is 16.7 Å². The van der Waals surface area contributed by atoms with Gasteiger partial charge in [0.25, 0.3) is 0 Å². The molecule has 1 unspecified atom stereocenters. The Kier molecular flexibility index (Phi) is 6.80. The van der Waals surface area contributed by atoms with Gasteiger partial charge >= 0.3 is 5.97 Å². The zero-order chi connectivity index (χ0) is 22.3. The van der Waals surface area contributed by atoms with Gasteiger partial charge in [-0.05, 0) is 73.4 Å². The molecule has 3 saturated carbocycles. The van der Waals surface area contributed by atoms with E-state index in [1.165, 1.54) is 31.3 Å². The first kappa shape index (κ1) is 23.8. The Morgan fingerprint density at radius 3 is 2.17 bits per heavy atom. The summed E-state index contributed by atoms with van der Waals surface area (Å²) < 4.78 is 12.1. The van der Waals surface area contributed by atoms with E-state index < -0.39 is 8.32 Å². The minimum absolute atomic E-state index is 0.127. The largest absolute Gasteiger partial charge is 0.463 e. The zero-order valence-electron chi connectivity index (χ0n) is 20.6. The lowest BCUT2D eigenvalue weighted by Gasteiger charge is -2.74. The Bertz CT molecular complexity index is 674. The van der Waals surface area contributed by atoms with Crippen molar-refractivity contribution in [1.29, 1.82) is 0 Å². The summed E-state index contributed by atoms with van der Waals surface area (Å²) >= 11 is 0. The summed E-state index contributed by atoms with van der Waals surface area (Å²) in [7, 11) is -1.76. The fraction of sp³-hybridized carbons (Fsp3) is 0.808. The van der Waals surface area contributed by atoms with Gasteiger partial charge in [-0.15, -0.1) is 0 Å². The standard InChI is InChI=1S/C26H44O3Si/c1-9-28-24(27)22-11-10-21(8)23(14-22)26-15-25(16-26,17-26)12-13-29-30(18(2)3,19(4)5)20(6)7/h10,14,18-20,23H,9,11-13,15-17H2,1-8H3. The number of carbonyl (C=O) groups excluding carboxylic acids is 1. The molecule has 0 radical (unpaired) electrons. The number of carbonyl (C=O) groups is 1. The van der Waals surface area contributed by atoms with Crippen molar-refractivity contribution < 1.29 is 14.0 Å². The molecular formula is C26H44O3Si. The summed E-state index contributed by atoms with van der Waals surface area (Å²) in [5.41, 5.74) is 5.15. The van der Waals surface area contributed by atoms with Crippen LogP contribution in [0.4, 0.5) is 0 Å². The predicted octanol–water partition coefficient (Wildman–Crippen LogP) is 7.19. The van der Waals surface area contributed by atoms with Gasteiger partial charge in [-0.3, -0.25) is 0 Å².